The Labute approximate surface area is 136 Å². The molecule has 1 heterocycles. The van der Waals surface area contributed by atoms with Gasteiger partial charge in [0.1, 0.15) is 12.4 Å². The van der Waals surface area contributed by atoms with Gasteiger partial charge >= 0.3 is 0 Å². The maximum atomic E-state index is 13.6. The molecule has 116 valence electrons. The molecule has 1 aromatic carbocycles. The Morgan fingerprint density at radius 1 is 1.45 bits per heavy atom. The molecule has 2 aromatic rings. The molecule has 3 rings (SSSR count). The molecule has 7 heteroatoms. The average Bonchev–Trinajstić information content (AvgIpc) is 3.17. The highest BCUT2D eigenvalue weighted by atomic mass is 79.9. The van der Waals surface area contributed by atoms with Crippen LogP contribution < -0.4 is 10.6 Å². The second-order valence-corrected chi connectivity index (χ2v) is 6.27. The standard InChI is InChI=1S/C15H16BrFN4O/c16-11-1-4-14(17)10(5-11)6-18-13-7-19-21(8-13)9-15(22)20-12-2-3-12/h1,4-5,7-8,12,18H,2-3,6,9H2,(H,20,22). The van der Waals surface area contributed by atoms with Crippen LogP contribution in [-0.4, -0.2) is 21.7 Å². The van der Waals surface area contributed by atoms with Crippen LogP contribution in [0.5, 0.6) is 0 Å². The monoisotopic (exact) mass is 366 g/mol. The van der Waals surface area contributed by atoms with E-state index in [1.165, 1.54) is 6.07 Å². The van der Waals surface area contributed by atoms with Gasteiger partial charge in [0.05, 0.1) is 11.9 Å². The fourth-order valence-corrected chi connectivity index (χ4v) is 2.47. The number of halogens is 2. The van der Waals surface area contributed by atoms with Crippen LogP contribution in [0.15, 0.2) is 35.1 Å². The predicted molar refractivity (Wildman–Crippen MR) is 84.8 cm³/mol. The summed E-state index contributed by atoms with van der Waals surface area (Å²) in [6, 6.07) is 5.16. The molecular weight excluding hydrogens is 351 g/mol. The van der Waals surface area contributed by atoms with Crippen molar-refractivity contribution in [2.75, 3.05) is 5.32 Å². The van der Waals surface area contributed by atoms with Crippen molar-refractivity contribution in [1.29, 1.82) is 0 Å². The number of aromatic nitrogens is 2. The molecule has 0 aliphatic heterocycles. The van der Waals surface area contributed by atoms with Crippen molar-refractivity contribution < 1.29 is 9.18 Å². The summed E-state index contributed by atoms with van der Waals surface area (Å²) in [6.45, 7) is 0.550. The summed E-state index contributed by atoms with van der Waals surface area (Å²) < 4.78 is 16.0. The minimum Gasteiger partial charge on any atom is -0.378 e. The molecule has 1 aliphatic carbocycles. The molecule has 0 spiro atoms. The molecule has 1 saturated carbocycles. The van der Waals surface area contributed by atoms with E-state index in [1.807, 2.05) is 0 Å². The van der Waals surface area contributed by atoms with Crippen LogP contribution in [0, 0.1) is 5.82 Å². The van der Waals surface area contributed by atoms with Crippen LogP contribution >= 0.6 is 15.9 Å². The SMILES string of the molecule is O=C(Cn1cc(NCc2cc(Br)ccc2F)cn1)NC1CC1. The molecule has 1 aliphatic rings. The van der Waals surface area contributed by atoms with E-state index in [1.54, 1.807) is 29.2 Å². The average molecular weight is 367 g/mol. The minimum absolute atomic E-state index is 0.0322. The summed E-state index contributed by atoms with van der Waals surface area (Å²) in [5, 5.41) is 10.1. The predicted octanol–water partition coefficient (Wildman–Crippen LogP) is 2.68. The lowest BCUT2D eigenvalue weighted by molar-refractivity contribution is -0.122. The van der Waals surface area contributed by atoms with Gasteiger partial charge in [-0.05, 0) is 31.0 Å². The number of amides is 1. The summed E-state index contributed by atoms with van der Waals surface area (Å²) in [7, 11) is 0. The maximum absolute atomic E-state index is 13.6. The second-order valence-electron chi connectivity index (χ2n) is 5.36. The first-order chi connectivity index (χ1) is 10.6. The van der Waals surface area contributed by atoms with Crippen molar-refractivity contribution in [1.82, 2.24) is 15.1 Å². The number of nitrogens with zero attached hydrogens (tertiary/aromatic N) is 2. The molecule has 0 bridgehead atoms. The Bertz CT molecular complexity index is 684. The number of nitrogens with one attached hydrogen (secondary N) is 2. The Hall–Kier alpha value is -1.89. The van der Waals surface area contributed by atoms with Crippen LogP contribution in [0.1, 0.15) is 18.4 Å². The van der Waals surface area contributed by atoms with Gasteiger partial charge in [-0.3, -0.25) is 9.48 Å². The second kappa shape index (κ2) is 6.48. The molecule has 22 heavy (non-hydrogen) atoms. The Balaban J connectivity index is 1.54. The van der Waals surface area contributed by atoms with E-state index in [0.717, 1.165) is 23.0 Å². The molecule has 0 saturated heterocycles. The van der Waals surface area contributed by atoms with E-state index in [-0.39, 0.29) is 18.3 Å². The van der Waals surface area contributed by atoms with Crippen molar-refractivity contribution in [2.45, 2.75) is 32.0 Å². The lowest BCUT2D eigenvalue weighted by Gasteiger charge is -2.06. The number of carbonyl (C=O) groups excluding carboxylic acids is 1. The van der Waals surface area contributed by atoms with Gasteiger partial charge < -0.3 is 10.6 Å². The number of benzene rings is 1. The highest BCUT2D eigenvalue weighted by Crippen LogP contribution is 2.19. The zero-order valence-electron chi connectivity index (χ0n) is 11.9. The molecule has 1 fully saturated rings. The van der Waals surface area contributed by atoms with Crippen molar-refractivity contribution in [3.8, 4) is 0 Å². The van der Waals surface area contributed by atoms with Crippen molar-refractivity contribution in [3.05, 3.63) is 46.4 Å². The highest BCUT2D eigenvalue weighted by Gasteiger charge is 2.23. The van der Waals surface area contributed by atoms with Gasteiger partial charge in [0.15, 0.2) is 0 Å². The van der Waals surface area contributed by atoms with Gasteiger partial charge in [-0.2, -0.15) is 5.10 Å². The lowest BCUT2D eigenvalue weighted by Crippen LogP contribution is -2.29. The third-order valence-corrected chi connectivity index (χ3v) is 3.87. The van der Waals surface area contributed by atoms with E-state index in [2.05, 4.69) is 31.7 Å². The van der Waals surface area contributed by atoms with Gasteiger partial charge in [-0.25, -0.2) is 4.39 Å². The van der Waals surface area contributed by atoms with E-state index in [0.29, 0.717) is 18.2 Å². The first kappa shape index (κ1) is 15.0. The first-order valence-corrected chi connectivity index (χ1v) is 7.89. The van der Waals surface area contributed by atoms with Crippen LogP contribution in [0.2, 0.25) is 0 Å². The molecule has 0 atom stereocenters. The Kier molecular flexibility index (Phi) is 4.42. The lowest BCUT2D eigenvalue weighted by atomic mass is 10.2. The molecule has 5 nitrogen and oxygen atoms in total. The van der Waals surface area contributed by atoms with E-state index in [4.69, 9.17) is 0 Å². The summed E-state index contributed by atoms with van der Waals surface area (Å²) in [5.41, 5.74) is 1.31. The first-order valence-electron chi connectivity index (χ1n) is 7.10. The third-order valence-electron chi connectivity index (χ3n) is 3.37. The van der Waals surface area contributed by atoms with Crippen LogP contribution in [-0.2, 0) is 17.9 Å². The van der Waals surface area contributed by atoms with Gasteiger partial charge in [-0.1, -0.05) is 15.9 Å². The zero-order valence-corrected chi connectivity index (χ0v) is 13.4. The van der Waals surface area contributed by atoms with Gasteiger partial charge in [0.2, 0.25) is 5.91 Å². The maximum Gasteiger partial charge on any atom is 0.241 e. The van der Waals surface area contributed by atoms with E-state index in [9.17, 15) is 9.18 Å². The van der Waals surface area contributed by atoms with Crippen molar-refractivity contribution >= 4 is 27.5 Å². The smallest absolute Gasteiger partial charge is 0.241 e. The number of hydrogen-bond donors (Lipinski definition) is 2. The molecule has 0 unspecified atom stereocenters. The molecule has 0 radical (unpaired) electrons. The third kappa shape index (κ3) is 4.07. The summed E-state index contributed by atoms with van der Waals surface area (Å²) >= 11 is 3.32. The quantitative estimate of drug-likeness (QED) is 0.826. The summed E-state index contributed by atoms with van der Waals surface area (Å²) in [4.78, 5) is 11.7. The molecular formula is C15H16BrFN4O. The van der Waals surface area contributed by atoms with Crippen LogP contribution in [0.3, 0.4) is 0 Å². The number of rotatable bonds is 6. The normalized spacial score (nSPS) is 13.9. The van der Waals surface area contributed by atoms with Gasteiger partial charge in [0, 0.05) is 28.8 Å². The minimum atomic E-state index is -0.257. The Morgan fingerprint density at radius 3 is 3.05 bits per heavy atom. The van der Waals surface area contributed by atoms with Gasteiger partial charge in [-0.15, -0.1) is 0 Å². The number of carbonyl (C=O) groups is 1. The summed E-state index contributed by atoms with van der Waals surface area (Å²) in [6.07, 6.45) is 5.49. The van der Waals surface area contributed by atoms with E-state index < -0.39 is 0 Å². The van der Waals surface area contributed by atoms with Crippen molar-refractivity contribution in [2.24, 2.45) is 0 Å². The number of anilines is 1. The Morgan fingerprint density at radius 2 is 2.27 bits per heavy atom. The fourth-order valence-electron chi connectivity index (χ4n) is 2.07. The highest BCUT2D eigenvalue weighted by molar-refractivity contribution is 9.10. The van der Waals surface area contributed by atoms with E-state index >= 15 is 0 Å². The van der Waals surface area contributed by atoms with Crippen LogP contribution in [0.4, 0.5) is 10.1 Å². The molecule has 1 aromatic heterocycles. The molecule has 2 N–H and O–H groups in total. The van der Waals surface area contributed by atoms with Crippen LogP contribution in [0.25, 0.3) is 0 Å². The van der Waals surface area contributed by atoms with Crippen molar-refractivity contribution in [3.63, 3.8) is 0 Å². The summed E-state index contributed by atoms with van der Waals surface area (Å²) in [5.74, 6) is -0.290. The zero-order chi connectivity index (χ0) is 15.5. The number of hydrogen-bond acceptors (Lipinski definition) is 3. The fraction of sp³-hybridized carbons (Fsp3) is 0.333. The topological polar surface area (TPSA) is 59.0 Å². The largest absolute Gasteiger partial charge is 0.378 e. The molecule has 1 amide bonds. The van der Waals surface area contributed by atoms with Gasteiger partial charge in [0.25, 0.3) is 0 Å².